The first kappa shape index (κ1) is 14.7. The number of hydrogen-bond acceptors (Lipinski definition) is 0. The second-order valence-corrected chi connectivity index (χ2v) is 6.16. The van der Waals surface area contributed by atoms with Crippen LogP contribution < -0.4 is 0 Å². The van der Waals surface area contributed by atoms with E-state index in [1.807, 2.05) is 0 Å². The van der Waals surface area contributed by atoms with Crippen LogP contribution in [-0.4, -0.2) is 0 Å². The Balaban J connectivity index is 1.83. The van der Waals surface area contributed by atoms with E-state index in [2.05, 4.69) is 97.9 Å². The molecule has 0 nitrogen and oxygen atoms in total. The average molecular weight is 308 g/mol. The van der Waals surface area contributed by atoms with Crippen LogP contribution in [0.1, 0.15) is 12.5 Å². The van der Waals surface area contributed by atoms with Crippen molar-refractivity contribution in [3.8, 4) is 22.3 Å². The van der Waals surface area contributed by atoms with Gasteiger partial charge >= 0.3 is 0 Å². The molecule has 0 radical (unpaired) electrons. The molecular weight excluding hydrogens is 288 g/mol. The number of hydrogen-bond donors (Lipinski definition) is 0. The first-order valence-electron chi connectivity index (χ1n) is 8.52. The summed E-state index contributed by atoms with van der Waals surface area (Å²) in [6, 6.07) is 32.7. The van der Waals surface area contributed by atoms with Gasteiger partial charge in [0.2, 0.25) is 0 Å². The van der Waals surface area contributed by atoms with Gasteiger partial charge in [-0.05, 0) is 45.0 Å². The molecule has 4 rings (SSSR count). The third-order valence-corrected chi connectivity index (χ3v) is 4.63. The topological polar surface area (TPSA) is 0 Å². The fraction of sp³-hybridized carbons (Fsp3) is 0.0833. The highest BCUT2D eigenvalue weighted by molar-refractivity contribution is 5.97. The van der Waals surface area contributed by atoms with E-state index in [1.165, 1.54) is 38.6 Å². The van der Waals surface area contributed by atoms with Gasteiger partial charge in [-0.3, -0.25) is 0 Å². The van der Waals surface area contributed by atoms with Crippen molar-refractivity contribution in [3.63, 3.8) is 0 Å². The highest BCUT2D eigenvalue weighted by atomic mass is 14.1. The zero-order valence-corrected chi connectivity index (χ0v) is 13.9. The maximum absolute atomic E-state index is 2.33. The molecule has 0 bridgehead atoms. The summed E-state index contributed by atoms with van der Waals surface area (Å²) in [6.45, 7) is 2.21. The van der Waals surface area contributed by atoms with Gasteiger partial charge in [-0.1, -0.05) is 97.9 Å². The number of fused-ring (bicyclic) bond motifs is 1. The van der Waals surface area contributed by atoms with Crippen LogP contribution in [0.15, 0.2) is 91.0 Å². The Kier molecular flexibility index (Phi) is 3.88. The van der Waals surface area contributed by atoms with Gasteiger partial charge in [0.25, 0.3) is 0 Å². The molecule has 0 unspecified atom stereocenters. The SMILES string of the molecule is CCc1cc(-c2ccc(-c3ccccc3)cc2)c2ccccc2c1. The van der Waals surface area contributed by atoms with E-state index in [4.69, 9.17) is 0 Å². The van der Waals surface area contributed by atoms with Crippen LogP contribution in [0.2, 0.25) is 0 Å². The lowest BCUT2D eigenvalue weighted by atomic mass is 9.93. The van der Waals surface area contributed by atoms with E-state index in [9.17, 15) is 0 Å². The fourth-order valence-electron chi connectivity index (χ4n) is 3.29. The molecule has 0 amide bonds. The number of aryl methyl sites for hydroxylation is 1. The highest BCUT2D eigenvalue weighted by Crippen LogP contribution is 2.32. The Labute approximate surface area is 143 Å². The smallest absolute Gasteiger partial charge is 0.0103 e. The molecule has 4 aromatic carbocycles. The third-order valence-electron chi connectivity index (χ3n) is 4.63. The summed E-state index contributed by atoms with van der Waals surface area (Å²) in [5, 5.41) is 2.64. The minimum absolute atomic E-state index is 1.06. The molecule has 4 aromatic rings. The summed E-state index contributed by atoms with van der Waals surface area (Å²) >= 11 is 0. The van der Waals surface area contributed by atoms with Gasteiger partial charge in [0.15, 0.2) is 0 Å². The van der Waals surface area contributed by atoms with Crippen molar-refractivity contribution in [1.29, 1.82) is 0 Å². The summed E-state index contributed by atoms with van der Waals surface area (Å²) in [7, 11) is 0. The Hall–Kier alpha value is -2.86. The Morgan fingerprint density at radius 3 is 1.96 bits per heavy atom. The Morgan fingerprint density at radius 2 is 1.21 bits per heavy atom. The molecule has 0 saturated carbocycles. The van der Waals surface area contributed by atoms with E-state index in [0.29, 0.717) is 0 Å². The number of benzene rings is 4. The molecular formula is C24H20. The van der Waals surface area contributed by atoms with E-state index >= 15 is 0 Å². The molecule has 0 N–H and O–H groups in total. The normalized spacial score (nSPS) is 10.9. The molecule has 0 spiro atoms. The third kappa shape index (κ3) is 2.72. The maximum atomic E-state index is 2.33. The molecule has 0 aliphatic carbocycles. The van der Waals surface area contributed by atoms with E-state index in [1.54, 1.807) is 0 Å². The molecule has 24 heavy (non-hydrogen) atoms. The van der Waals surface area contributed by atoms with Crippen LogP contribution in [0.3, 0.4) is 0 Å². The van der Waals surface area contributed by atoms with Crippen molar-refractivity contribution in [1.82, 2.24) is 0 Å². The first-order valence-corrected chi connectivity index (χ1v) is 8.52. The fourth-order valence-corrected chi connectivity index (χ4v) is 3.29. The van der Waals surface area contributed by atoms with Crippen LogP contribution in [0.5, 0.6) is 0 Å². The second kappa shape index (κ2) is 6.33. The van der Waals surface area contributed by atoms with Gasteiger partial charge in [0.05, 0.1) is 0 Å². The van der Waals surface area contributed by atoms with Crippen LogP contribution >= 0.6 is 0 Å². The van der Waals surface area contributed by atoms with Gasteiger partial charge in [0, 0.05) is 0 Å². The van der Waals surface area contributed by atoms with Crippen LogP contribution in [-0.2, 0) is 6.42 Å². The maximum Gasteiger partial charge on any atom is -0.0103 e. The van der Waals surface area contributed by atoms with Crippen LogP contribution in [0.4, 0.5) is 0 Å². The van der Waals surface area contributed by atoms with Gasteiger partial charge < -0.3 is 0 Å². The van der Waals surface area contributed by atoms with Crippen molar-refractivity contribution in [2.45, 2.75) is 13.3 Å². The van der Waals surface area contributed by atoms with Crippen molar-refractivity contribution in [2.75, 3.05) is 0 Å². The van der Waals surface area contributed by atoms with Gasteiger partial charge in [0.1, 0.15) is 0 Å². The van der Waals surface area contributed by atoms with E-state index < -0.39 is 0 Å². The molecule has 0 fully saturated rings. The summed E-state index contributed by atoms with van der Waals surface area (Å²) in [5.74, 6) is 0. The van der Waals surface area contributed by atoms with Gasteiger partial charge in [-0.25, -0.2) is 0 Å². The van der Waals surface area contributed by atoms with Crippen molar-refractivity contribution < 1.29 is 0 Å². The lowest BCUT2D eigenvalue weighted by Crippen LogP contribution is -1.87. The van der Waals surface area contributed by atoms with E-state index in [-0.39, 0.29) is 0 Å². The molecule has 0 aliphatic heterocycles. The lowest BCUT2D eigenvalue weighted by Gasteiger charge is -2.11. The monoisotopic (exact) mass is 308 g/mol. The summed E-state index contributed by atoms with van der Waals surface area (Å²) in [6.07, 6.45) is 1.06. The predicted octanol–water partition coefficient (Wildman–Crippen LogP) is 6.74. The molecule has 0 heterocycles. The molecule has 0 atom stereocenters. The molecule has 0 aromatic heterocycles. The van der Waals surface area contributed by atoms with Crippen molar-refractivity contribution >= 4 is 10.8 Å². The largest absolute Gasteiger partial charge is 0.0622 e. The van der Waals surface area contributed by atoms with E-state index in [0.717, 1.165) is 6.42 Å². The summed E-state index contributed by atoms with van der Waals surface area (Å²) in [5.41, 5.74) is 6.51. The Bertz CT molecular complexity index is 964. The van der Waals surface area contributed by atoms with Crippen molar-refractivity contribution in [3.05, 3.63) is 96.6 Å². The lowest BCUT2D eigenvalue weighted by molar-refractivity contribution is 1.15. The zero-order valence-electron chi connectivity index (χ0n) is 13.9. The minimum Gasteiger partial charge on any atom is -0.0622 e. The molecule has 116 valence electrons. The Morgan fingerprint density at radius 1 is 0.583 bits per heavy atom. The van der Waals surface area contributed by atoms with Gasteiger partial charge in [-0.2, -0.15) is 0 Å². The highest BCUT2D eigenvalue weighted by Gasteiger charge is 2.06. The first-order chi connectivity index (χ1) is 11.8. The molecule has 0 heteroatoms. The van der Waals surface area contributed by atoms with Crippen molar-refractivity contribution in [2.24, 2.45) is 0 Å². The van der Waals surface area contributed by atoms with Crippen LogP contribution in [0.25, 0.3) is 33.0 Å². The zero-order chi connectivity index (χ0) is 16.4. The summed E-state index contributed by atoms with van der Waals surface area (Å²) in [4.78, 5) is 0. The standard InChI is InChI=1S/C24H20/c1-2-18-16-22-10-6-7-11-23(22)24(17-18)21-14-12-20(13-15-21)19-8-4-3-5-9-19/h3-17H,2H2,1H3. The summed E-state index contributed by atoms with van der Waals surface area (Å²) < 4.78 is 0. The van der Waals surface area contributed by atoms with Gasteiger partial charge in [-0.15, -0.1) is 0 Å². The second-order valence-electron chi connectivity index (χ2n) is 6.16. The molecule has 0 aliphatic rings. The molecule has 0 saturated heterocycles. The predicted molar refractivity (Wildman–Crippen MR) is 104 cm³/mol. The van der Waals surface area contributed by atoms with Crippen LogP contribution in [0, 0.1) is 0 Å². The quantitative estimate of drug-likeness (QED) is 0.393. The minimum atomic E-state index is 1.06. The average Bonchev–Trinajstić information content (AvgIpc) is 2.68. The number of rotatable bonds is 3.